The summed E-state index contributed by atoms with van der Waals surface area (Å²) in [6, 6.07) is 11.5. The number of nitrogens with two attached hydrogens (primary N) is 2. The predicted molar refractivity (Wildman–Crippen MR) is 70.2 cm³/mol. The lowest BCUT2D eigenvalue weighted by atomic mass is 10.0. The minimum Gasteiger partial charge on any atom is -0.399 e. The monoisotopic (exact) mass is 246 g/mol. The van der Waals surface area contributed by atoms with Gasteiger partial charge < -0.3 is 11.5 Å². The van der Waals surface area contributed by atoms with Crippen molar-refractivity contribution < 1.29 is 4.79 Å². The molecular weight excluding hydrogens is 236 g/mol. The van der Waals surface area contributed by atoms with Crippen LogP contribution in [0.25, 0.3) is 0 Å². The Bertz CT molecular complexity index is 564. The molecule has 0 spiro atoms. The van der Waals surface area contributed by atoms with Gasteiger partial charge in [0.05, 0.1) is 0 Å². The fourth-order valence-electron chi connectivity index (χ4n) is 1.52. The standard InChI is InChI=1S/C13H11ClN2O/c14-9-3-6-12(16)11(7-9)13(17)8-1-4-10(15)5-2-8/h1-7H,15-16H2. The van der Waals surface area contributed by atoms with Gasteiger partial charge in [-0.1, -0.05) is 11.6 Å². The summed E-state index contributed by atoms with van der Waals surface area (Å²) in [4.78, 5) is 12.2. The molecule has 0 radical (unpaired) electrons. The summed E-state index contributed by atoms with van der Waals surface area (Å²) in [6.07, 6.45) is 0. The third-order valence-electron chi connectivity index (χ3n) is 2.43. The zero-order valence-corrected chi connectivity index (χ0v) is 9.74. The van der Waals surface area contributed by atoms with E-state index in [4.69, 9.17) is 23.1 Å². The summed E-state index contributed by atoms with van der Waals surface area (Å²) < 4.78 is 0. The first kappa shape index (κ1) is 11.5. The van der Waals surface area contributed by atoms with Crippen LogP contribution in [0.4, 0.5) is 11.4 Å². The van der Waals surface area contributed by atoms with Crippen LogP contribution in [0.1, 0.15) is 15.9 Å². The van der Waals surface area contributed by atoms with Crippen molar-refractivity contribution in [2.75, 3.05) is 11.5 Å². The molecule has 0 aliphatic rings. The van der Waals surface area contributed by atoms with Gasteiger partial charge in [-0.3, -0.25) is 4.79 Å². The molecule has 0 saturated carbocycles. The number of nitrogen functional groups attached to an aromatic ring is 2. The molecule has 0 atom stereocenters. The van der Waals surface area contributed by atoms with E-state index in [1.54, 1.807) is 42.5 Å². The first-order valence-electron chi connectivity index (χ1n) is 5.03. The van der Waals surface area contributed by atoms with Gasteiger partial charge in [0.1, 0.15) is 0 Å². The third-order valence-corrected chi connectivity index (χ3v) is 2.67. The highest BCUT2D eigenvalue weighted by Gasteiger charge is 2.12. The van der Waals surface area contributed by atoms with E-state index in [1.807, 2.05) is 0 Å². The molecule has 2 aromatic rings. The maximum atomic E-state index is 12.2. The van der Waals surface area contributed by atoms with Crippen LogP contribution in [0, 0.1) is 0 Å². The number of carbonyl (C=O) groups is 1. The third kappa shape index (κ3) is 2.40. The zero-order chi connectivity index (χ0) is 12.4. The molecule has 17 heavy (non-hydrogen) atoms. The second-order valence-corrected chi connectivity index (χ2v) is 4.12. The number of carbonyl (C=O) groups excluding carboxylic acids is 1. The topological polar surface area (TPSA) is 69.1 Å². The Morgan fingerprint density at radius 3 is 2.29 bits per heavy atom. The second kappa shape index (κ2) is 4.47. The number of hydrogen-bond donors (Lipinski definition) is 2. The fraction of sp³-hybridized carbons (Fsp3) is 0. The lowest BCUT2D eigenvalue weighted by molar-refractivity contribution is 0.103. The SMILES string of the molecule is Nc1ccc(C(=O)c2cc(Cl)ccc2N)cc1. The molecule has 0 saturated heterocycles. The van der Waals surface area contributed by atoms with Gasteiger partial charge in [-0.15, -0.1) is 0 Å². The van der Waals surface area contributed by atoms with Crippen LogP contribution < -0.4 is 11.5 Å². The molecule has 2 rings (SSSR count). The molecule has 0 amide bonds. The lowest BCUT2D eigenvalue weighted by Crippen LogP contribution is -2.05. The van der Waals surface area contributed by atoms with Crippen molar-refractivity contribution in [2.45, 2.75) is 0 Å². The lowest BCUT2D eigenvalue weighted by Gasteiger charge is -2.05. The molecule has 86 valence electrons. The summed E-state index contributed by atoms with van der Waals surface area (Å²) in [7, 11) is 0. The van der Waals surface area contributed by atoms with Gasteiger partial charge in [-0.05, 0) is 42.5 Å². The van der Waals surface area contributed by atoms with Crippen molar-refractivity contribution >= 4 is 28.8 Å². The van der Waals surface area contributed by atoms with Crippen LogP contribution in [0.2, 0.25) is 5.02 Å². The van der Waals surface area contributed by atoms with Crippen LogP contribution in [0.5, 0.6) is 0 Å². The maximum Gasteiger partial charge on any atom is 0.195 e. The average molecular weight is 247 g/mol. The Kier molecular flexibility index (Phi) is 3.02. The quantitative estimate of drug-likeness (QED) is 0.632. The molecule has 4 N–H and O–H groups in total. The molecule has 0 heterocycles. The highest BCUT2D eigenvalue weighted by Crippen LogP contribution is 2.21. The fourth-order valence-corrected chi connectivity index (χ4v) is 1.69. The second-order valence-electron chi connectivity index (χ2n) is 3.68. The summed E-state index contributed by atoms with van der Waals surface area (Å²) in [6.45, 7) is 0. The predicted octanol–water partition coefficient (Wildman–Crippen LogP) is 2.74. The maximum absolute atomic E-state index is 12.2. The van der Waals surface area contributed by atoms with Crippen LogP contribution in [-0.2, 0) is 0 Å². The number of rotatable bonds is 2. The Hall–Kier alpha value is -2.00. The van der Waals surface area contributed by atoms with E-state index < -0.39 is 0 Å². The molecule has 4 heteroatoms. The molecule has 0 aliphatic carbocycles. The zero-order valence-electron chi connectivity index (χ0n) is 8.98. The van der Waals surface area contributed by atoms with Crippen LogP contribution >= 0.6 is 11.6 Å². The number of ketones is 1. The minimum absolute atomic E-state index is 0.162. The smallest absolute Gasteiger partial charge is 0.195 e. The van der Waals surface area contributed by atoms with E-state index in [9.17, 15) is 4.79 Å². The highest BCUT2D eigenvalue weighted by molar-refractivity contribution is 6.31. The van der Waals surface area contributed by atoms with E-state index in [2.05, 4.69) is 0 Å². The van der Waals surface area contributed by atoms with Crippen molar-refractivity contribution in [1.29, 1.82) is 0 Å². The van der Waals surface area contributed by atoms with Gasteiger partial charge in [0.2, 0.25) is 0 Å². The molecule has 2 aromatic carbocycles. The van der Waals surface area contributed by atoms with E-state index in [1.165, 1.54) is 0 Å². The average Bonchev–Trinajstić information content (AvgIpc) is 2.32. The molecule has 0 aromatic heterocycles. The van der Waals surface area contributed by atoms with E-state index in [0.29, 0.717) is 27.5 Å². The molecule has 0 fully saturated rings. The number of hydrogen-bond acceptors (Lipinski definition) is 3. The Morgan fingerprint density at radius 2 is 1.65 bits per heavy atom. The summed E-state index contributed by atoms with van der Waals surface area (Å²) >= 11 is 5.85. The van der Waals surface area contributed by atoms with Gasteiger partial charge >= 0.3 is 0 Å². The number of anilines is 2. The Labute approximate surface area is 104 Å². The van der Waals surface area contributed by atoms with Gasteiger partial charge in [0.25, 0.3) is 0 Å². The van der Waals surface area contributed by atoms with Gasteiger partial charge in [0.15, 0.2) is 5.78 Å². The van der Waals surface area contributed by atoms with Crippen LogP contribution in [-0.4, -0.2) is 5.78 Å². The Balaban J connectivity index is 2.43. The van der Waals surface area contributed by atoms with Gasteiger partial charge in [0, 0.05) is 27.5 Å². The number of benzene rings is 2. The minimum atomic E-state index is -0.162. The van der Waals surface area contributed by atoms with E-state index >= 15 is 0 Å². The summed E-state index contributed by atoms with van der Waals surface area (Å²) in [5.74, 6) is -0.162. The first-order chi connectivity index (χ1) is 8.08. The van der Waals surface area contributed by atoms with Crippen molar-refractivity contribution in [3.05, 3.63) is 58.6 Å². The normalized spacial score (nSPS) is 10.2. The summed E-state index contributed by atoms with van der Waals surface area (Å²) in [5.41, 5.74) is 13.3. The molecule has 3 nitrogen and oxygen atoms in total. The van der Waals surface area contributed by atoms with Crippen molar-refractivity contribution in [3.63, 3.8) is 0 Å². The van der Waals surface area contributed by atoms with Gasteiger partial charge in [-0.2, -0.15) is 0 Å². The molecule has 0 bridgehead atoms. The molecule has 0 aliphatic heterocycles. The van der Waals surface area contributed by atoms with E-state index in [0.717, 1.165) is 0 Å². The summed E-state index contributed by atoms with van der Waals surface area (Å²) in [5, 5.41) is 0.484. The first-order valence-corrected chi connectivity index (χ1v) is 5.41. The Morgan fingerprint density at radius 1 is 1.00 bits per heavy atom. The van der Waals surface area contributed by atoms with Gasteiger partial charge in [-0.25, -0.2) is 0 Å². The van der Waals surface area contributed by atoms with E-state index in [-0.39, 0.29) is 5.78 Å². The van der Waals surface area contributed by atoms with Crippen molar-refractivity contribution in [2.24, 2.45) is 0 Å². The largest absolute Gasteiger partial charge is 0.399 e. The van der Waals surface area contributed by atoms with Crippen molar-refractivity contribution in [1.82, 2.24) is 0 Å². The van der Waals surface area contributed by atoms with Crippen LogP contribution in [0.15, 0.2) is 42.5 Å². The molecule has 0 unspecified atom stereocenters. The number of halogens is 1. The van der Waals surface area contributed by atoms with Crippen molar-refractivity contribution in [3.8, 4) is 0 Å². The highest BCUT2D eigenvalue weighted by atomic mass is 35.5. The molecular formula is C13H11ClN2O. The van der Waals surface area contributed by atoms with Crippen LogP contribution in [0.3, 0.4) is 0 Å².